The summed E-state index contributed by atoms with van der Waals surface area (Å²) in [5, 5.41) is 20.5. The molecular weight excluding hydrogens is 452 g/mol. The number of carboxylic acids is 1. The lowest BCUT2D eigenvalue weighted by atomic mass is 9.89. The lowest BCUT2D eigenvalue weighted by Gasteiger charge is -2.42. The Morgan fingerprint density at radius 3 is 2.41 bits per heavy atom. The summed E-state index contributed by atoms with van der Waals surface area (Å²) in [6.07, 6.45) is -2.09. The van der Waals surface area contributed by atoms with E-state index in [4.69, 9.17) is 16.3 Å². The molecule has 2 aromatic carbocycles. The number of aliphatic hydroxyl groups excluding tert-OH is 1. The zero-order chi connectivity index (χ0) is 24.1. The Morgan fingerprint density at radius 1 is 1.16 bits per heavy atom. The summed E-state index contributed by atoms with van der Waals surface area (Å²) in [5.41, 5.74) is 0.727. The van der Waals surface area contributed by atoms with Crippen molar-refractivity contribution in [3.8, 4) is 17.6 Å². The van der Waals surface area contributed by atoms with Crippen LogP contribution in [-0.4, -0.2) is 36.1 Å². The van der Waals surface area contributed by atoms with Gasteiger partial charge in [-0.2, -0.15) is 10.6 Å². The quantitative estimate of drug-likeness (QED) is 0.430. The third kappa shape index (κ3) is 4.34. The fourth-order valence-electron chi connectivity index (χ4n) is 3.46. The van der Waals surface area contributed by atoms with Gasteiger partial charge in [0.1, 0.15) is 11.9 Å². The van der Waals surface area contributed by atoms with Gasteiger partial charge in [-0.1, -0.05) is 50.3 Å². The van der Waals surface area contributed by atoms with Crippen molar-refractivity contribution >= 4 is 28.2 Å². The number of aliphatic hydroxyl groups is 1. The molecule has 0 fully saturated rings. The first-order valence-corrected chi connectivity index (χ1v) is 11.9. The minimum atomic E-state index is -3.22. The molecule has 2 aromatic rings. The van der Waals surface area contributed by atoms with Gasteiger partial charge in [-0.3, -0.25) is 9.11 Å². The molecule has 0 aliphatic carbocycles. The molecular formula is C24H27ClO6S. The zero-order valence-electron chi connectivity index (χ0n) is 18.5. The first-order chi connectivity index (χ1) is 14.7. The smallest absolute Gasteiger partial charge is 0.345 e. The van der Waals surface area contributed by atoms with Crippen molar-refractivity contribution < 1.29 is 28.8 Å². The van der Waals surface area contributed by atoms with Crippen LogP contribution in [0, 0.1) is 17.3 Å². The van der Waals surface area contributed by atoms with Crippen LogP contribution in [0.1, 0.15) is 57.4 Å². The second kappa shape index (κ2) is 8.29. The van der Waals surface area contributed by atoms with Gasteiger partial charge in [0.25, 0.3) is 0 Å². The van der Waals surface area contributed by atoms with Gasteiger partial charge in [-0.05, 0) is 44.2 Å². The lowest BCUT2D eigenvalue weighted by Crippen LogP contribution is -2.39. The Morgan fingerprint density at radius 2 is 1.81 bits per heavy atom. The molecule has 172 valence electrons. The Kier molecular flexibility index (Phi) is 6.33. The van der Waals surface area contributed by atoms with E-state index in [2.05, 4.69) is 11.8 Å². The number of benzene rings is 2. The Balaban J connectivity index is 2.00. The molecule has 32 heavy (non-hydrogen) atoms. The number of halogens is 1. The van der Waals surface area contributed by atoms with Crippen molar-refractivity contribution in [3.63, 3.8) is 0 Å². The Hall–Kier alpha value is -2.21. The van der Waals surface area contributed by atoms with E-state index in [0.717, 1.165) is 0 Å². The molecule has 0 amide bonds. The summed E-state index contributed by atoms with van der Waals surface area (Å²) in [6, 6.07) is 9.65. The molecule has 2 unspecified atom stereocenters. The van der Waals surface area contributed by atoms with E-state index < -0.39 is 38.9 Å². The molecule has 0 saturated heterocycles. The number of aliphatic carboxylic acids is 1. The molecule has 0 spiro atoms. The van der Waals surface area contributed by atoms with Crippen LogP contribution in [0.2, 0.25) is 5.02 Å². The van der Waals surface area contributed by atoms with Gasteiger partial charge in [0.05, 0.1) is 15.2 Å². The maximum atomic E-state index is 11.7. The largest absolute Gasteiger partial charge is 0.478 e. The maximum absolute atomic E-state index is 11.7. The van der Waals surface area contributed by atoms with E-state index in [0.29, 0.717) is 21.7 Å². The highest BCUT2D eigenvalue weighted by atomic mass is 35.5. The number of carbonyl (C=O) groups is 1. The van der Waals surface area contributed by atoms with Gasteiger partial charge in [0, 0.05) is 21.6 Å². The second-order valence-corrected chi connectivity index (χ2v) is 12.4. The van der Waals surface area contributed by atoms with Gasteiger partial charge in [-0.25, -0.2) is 4.79 Å². The van der Waals surface area contributed by atoms with Gasteiger partial charge in [0.2, 0.25) is 0 Å². The molecule has 0 aromatic heterocycles. The monoisotopic (exact) mass is 478 g/mol. The second-order valence-electron chi connectivity index (χ2n) is 9.40. The van der Waals surface area contributed by atoms with E-state index >= 15 is 0 Å². The van der Waals surface area contributed by atoms with Crippen molar-refractivity contribution in [1.29, 1.82) is 0 Å². The number of hydrogen-bond acceptors (Lipinski definition) is 5. The standard InChI is InChI=1S/C24H27ClO6S/c1-23(2,3)21(22(27)28)31-18-11-9-16(25)13-15(18)8-6-14-7-10-17-19(12-14)32(29,30)24(4,5)20(17)26/h7,9-13,20-21,26,29-30H,1-5H3,(H,27,28). The molecule has 1 aliphatic heterocycles. The van der Waals surface area contributed by atoms with Crippen LogP contribution >= 0.6 is 22.2 Å². The summed E-state index contributed by atoms with van der Waals surface area (Å²) in [4.78, 5) is 12.0. The van der Waals surface area contributed by atoms with Crippen LogP contribution in [0.25, 0.3) is 0 Å². The molecule has 1 aliphatic rings. The highest BCUT2D eigenvalue weighted by Crippen LogP contribution is 2.70. The number of rotatable bonds is 3. The Labute approximate surface area is 194 Å². The number of ether oxygens (including phenoxy) is 1. The SMILES string of the molecule is CC(C)(C)C(Oc1ccc(Cl)cc1C#Cc1ccc2c(c1)S(O)(O)C(C)(C)C2O)C(=O)O. The molecule has 0 bridgehead atoms. The molecule has 1 heterocycles. The van der Waals surface area contributed by atoms with Gasteiger partial charge in [0.15, 0.2) is 6.10 Å². The third-order valence-electron chi connectivity index (χ3n) is 5.55. The maximum Gasteiger partial charge on any atom is 0.345 e. The van der Waals surface area contributed by atoms with Crippen molar-refractivity contribution in [2.24, 2.45) is 5.41 Å². The topological polar surface area (TPSA) is 107 Å². The van der Waals surface area contributed by atoms with Crippen LogP contribution in [0.4, 0.5) is 0 Å². The van der Waals surface area contributed by atoms with Crippen molar-refractivity contribution in [2.45, 2.75) is 56.5 Å². The number of fused-ring (bicyclic) bond motifs is 1. The predicted molar refractivity (Wildman–Crippen MR) is 126 cm³/mol. The molecule has 8 heteroatoms. The van der Waals surface area contributed by atoms with Crippen LogP contribution in [0.3, 0.4) is 0 Å². The fraction of sp³-hybridized carbons (Fsp3) is 0.375. The molecule has 3 rings (SSSR count). The summed E-state index contributed by atoms with van der Waals surface area (Å²) >= 11 is 6.12. The third-order valence-corrected chi connectivity index (χ3v) is 8.44. The first-order valence-electron chi connectivity index (χ1n) is 9.97. The molecule has 6 nitrogen and oxygen atoms in total. The van der Waals surface area contributed by atoms with Gasteiger partial charge < -0.3 is 14.9 Å². The molecule has 0 saturated carbocycles. The Bertz CT molecular complexity index is 1120. The summed E-state index contributed by atoms with van der Waals surface area (Å²) in [5.74, 6) is 5.10. The van der Waals surface area contributed by atoms with E-state index in [9.17, 15) is 24.1 Å². The van der Waals surface area contributed by atoms with E-state index in [1.165, 1.54) is 0 Å². The molecule has 2 atom stereocenters. The van der Waals surface area contributed by atoms with Crippen molar-refractivity contribution in [3.05, 3.63) is 58.1 Å². The number of carboxylic acid groups (broad SMARTS) is 1. The zero-order valence-corrected chi connectivity index (χ0v) is 20.1. The lowest BCUT2D eigenvalue weighted by molar-refractivity contribution is -0.150. The van der Waals surface area contributed by atoms with E-state index in [-0.39, 0.29) is 10.6 Å². The van der Waals surface area contributed by atoms with Crippen molar-refractivity contribution in [1.82, 2.24) is 0 Å². The normalized spacial score (nSPS) is 20.5. The van der Waals surface area contributed by atoms with Gasteiger partial charge >= 0.3 is 5.97 Å². The number of hydrogen-bond donors (Lipinski definition) is 4. The summed E-state index contributed by atoms with van der Waals surface area (Å²) in [7, 11) is -3.22. The molecule has 0 radical (unpaired) electrons. The minimum Gasteiger partial charge on any atom is -0.478 e. The van der Waals surface area contributed by atoms with Crippen molar-refractivity contribution in [2.75, 3.05) is 0 Å². The van der Waals surface area contributed by atoms with E-state index in [1.807, 2.05) is 0 Å². The summed E-state index contributed by atoms with van der Waals surface area (Å²) in [6.45, 7) is 8.54. The highest BCUT2D eigenvalue weighted by Gasteiger charge is 2.50. The summed E-state index contributed by atoms with van der Waals surface area (Å²) < 4.78 is 26.1. The van der Waals surface area contributed by atoms with Crippen LogP contribution in [0.5, 0.6) is 5.75 Å². The van der Waals surface area contributed by atoms with Crippen LogP contribution in [0.15, 0.2) is 41.3 Å². The highest BCUT2D eigenvalue weighted by molar-refractivity contribution is 8.25. The minimum absolute atomic E-state index is 0.281. The van der Waals surface area contributed by atoms with Crippen LogP contribution in [-0.2, 0) is 4.79 Å². The average Bonchev–Trinajstić information content (AvgIpc) is 2.81. The van der Waals surface area contributed by atoms with Gasteiger partial charge in [-0.15, -0.1) is 0 Å². The average molecular weight is 479 g/mol. The predicted octanol–water partition coefficient (Wildman–Crippen LogP) is 5.55. The fourth-order valence-corrected chi connectivity index (χ4v) is 5.44. The molecule has 4 N–H and O–H groups in total. The first kappa shape index (κ1) is 24.4. The van der Waals surface area contributed by atoms with E-state index in [1.54, 1.807) is 71.0 Å². The van der Waals surface area contributed by atoms with Crippen LogP contribution < -0.4 is 4.74 Å².